The van der Waals surface area contributed by atoms with Gasteiger partial charge in [-0.15, -0.1) is 0 Å². The van der Waals surface area contributed by atoms with E-state index in [1.807, 2.05) is 32.1 Å². The molecule has 15 heteroatoms. The number of H-pyrrole nitrogens is 1. The maximum absolute atomic E-state index is 15.5. The summed E-state index contributed by atoms with van der Waals surface area (Å²) < 4.78 is 23.8. The minimum atomic E-state index is -2.53. The van der Waals surface area contributed by atoms with E-state index >= 15 is 4.79 Å². The van der Waals surface area contributed by atoms with Gasteiger partial charge in [-0.05, 0) is 74.2 Å². The van der Waals surface area contributed by atoms with Gasteiger partial charge in [0.25, 0.3) is 0 Å². The van der Waals surface area contributed by atoms with Gasteiger partial charge in [-0.3, -0.25) is 24.2 Å². The molecule has 63 heavy (non-hydrogen) atoms. The van der Waals surface area contributed by atoms with Gasteiger partial charge in [0.05, 0.1) is 38.7 Å². The number of hydrogen-bond donors (Lipinski definition) is 3. The van der Waals surface area contributed by atoms with E-state index in [9.17, 15) is 24.6 Å². The van der Waals surface area contributed by atoms with Crippen molar-refractivity contribution in [2.45, 2.75) is 113 Å². The van der Waals surface area contributed by atoms with E-state index in [1.165, 1.54) is 38.6 Å². The number of methoxy groups -OCH3 is 3. The summed E-state index contributed by atoms with van der Waals surface area (Å²) in [6, 6.07) is 8.44. The highest BCUT2D eigenvalue weighted by Gasteiger charge is 2.81. The molecule has 1 aromatic heterocycles. The molecule has 1 aliphatic carbocycles. The van der Waals surface area contributed by atoms with E-state index in [0.29, 0.717) is 99.5 Å². The third kappa shape index (κ3) is 5.90. The van der Waals surface area contributed by atoms with Crippen molar-refractivity contribution in [2.75, 3.05) is 59.0 Å². The van der Waals surface area contributed by atoms with Crippen LogP contribution in [0.1, 0.15) is 82.2 Å². The molecule has 3 aromatic rings. The zero-order valence-corrected chi connectivity index (χ0v) is 37.6. The Morgan fingerprint density at radius 2 is 1.75 bits per heavy atom. The number of esters is 3. The number of hydrogen-bond acceptors (Lipinski definition) is 12. The van der Waals surface area contributed by atoms with Crippen molar-refractivity contribution in [3.63, 3.8) is 0 Å². The number of rotatable bonds is 10. The molecule has 1 saturated carbocycles. The van der Waals surface area contributed by atoms with Gasteiger partial charge in [0, 0.05) is 78.2 Å². The van der Waals surface area contributed by atoms with Crippen LogP contribution in [0.4, 0.5) is 5.69 Å². The van der Waals surface area contributed by atoms with Gasteiger partial charge in [-0.1, -0.05) is 56.8 Å². The van der Waals surface area contributed by atoms with Crippen LogP contribution in [0.15, 0.2) is 42.5 Å². The number of aliphatic hydroxyl groups is 2. The van der Waals surface area contributed by atoms with E-state index in [1.54, 1.807) is 6.07 Å². The van der Waals surface area contributed by atoms with Crippen LogP contribution in [0.5, 0.6) is 5.75 Å². The summed E-state index contributed by atoms with van der Waals surface area (Å²) in [5.41, 5.74) is -1.90. The zero-order chi connectivity index (χ0) is 44.9. The predicted molar refractivity (Wildman–Crippen MR) is 238 cm³/mol. The lowest BCUT2D eigenvalue weighted by Gasteiger charge is -2.63. The highest BCUT2D eigenvalue weighted by atomic mass is 16.6. The van der Waals surface area contributed by atoms with Crippen molar-refractivity contribution in [3.05, 3.63) is 64.9 Å². The standard InChI is InChI=1S/C48H61BN4O10/c1-8-44(58)23-29-24-47(42(56)61-6,38-31(14-18-51(25-29)26-44)32-20-30(49-10-3)12-13-35(32)50-38)34-21-33-36(22-37(34)60-5)53(27-54)40-46(33)16-19-52-17-11-15-45(9-2,39(46)52)41(63-28(4)55)48(40,59)43(57)62-7/h11-13,15,20-22,27,29,39-41,49-50,58-59H,8-10,14,16-19,23-26H2,1-7H3/t29-,39-,40+,41+,44-,45+,46+,47-,48-/m0/s1. The minimum Gasteiger partial charge on any atom is -0.496 e. The number of ether oxygens (including phenoxy) is 4. The number of aromatic nitrogens is 1. The Hall–Kier alpha value is -4.70. The number of nitrogens with zero attached hydrogens (tertiary/aromatic N) is 3. The lowest BCUT2D eigenvalue weighted by atomic mass is 9.47. The number of aromatic amines is 1. The summed E-state index contributed by atoms with van der Waals surface area (Å²) in [6.07, 6.45) is 6.83. The second-order valence-corrected chi connectivity index (χ2v) is 19.2. The summed E-state index contributed by atoms with van der Waals surface area (Å²) in [5, 5.41) is 26.5. The van der Waals surface area contributed by atoms with Gasteiger partial charge in [0.1, 0.15) is 11.2 Å². The maximum Gasteiger partial charge on any atom is 0.344 e. The quantitative estimate of drug-likeness (QED) is 0.0897. The van der Waals surface area contributed by atoms with Crippen LogP contribution < -0.4 is 15.1 Å². The minimum absolute atomic E-state index is 0.159. The molecule has 1 unspecified atom stereocenters. The van der Waals surface area contributed by atoms with E-state index in [0.717, 1.165) is 30.1 Å². The second kappa shape index (κ2) is 15.5. The van der Waals surface area contributed by atoms with Crippen molar-refractivity contribution < 1.29 is 48.3 Å². The Bertz CT molecular complexity index is 2400. The van der Waals surface area contributed by atoms with Crippen LogP contribution in [0.2, 0.25) is 6.32 Å². The molecule has 2 aromatic carbocycles. The van der Waals surface area contributed by atoms with E-state index < -0.39 is 63.5 Å². The fourth-order valence-electron chi connectivity index (χ4n) is 13.9. The molecule has 5 aliphatic heterocycles. The number of carbonyl (C=O) groups excluding carboxylic acids is 4. The topological polar surface area (TPSA) is 171 Å². The first-order valence-electron chi connectivity index (χ1n) is 22.7. The summed E-state index contributed by atoms with van der Waals surface area (Å²) in [7, 11) is 5.02. The average molecular weight is 865 g/mol. The lowest BCUT2D eigenvalue weighted by Crippen LogP contribution is -2.81. The highest BCUT2D eigenvalue weighted by molar-refractivity contribution is 6.53. The van der Waals surface area contributed by atoms with Gasteiger partial charge in [0.15, 0.2) is 13.4 Å². The number of nitrogens with one attached hydrogen (secondary N) is 1. The third-order valence-corrected chi connectivity index (χ3v) is 16.2. The molecule has 0 radical (unpaired) electrons. The van der Waals surface area contributed by atoms with Crippen molar-refractivity contribution in [3.8, 4) is 5.75 Å². The molecule has 336 valence electrons. The third-order valence-electron chi connectivity index (χ3n) is 16.2. The maximum atomic E-state index is 15.5. The van der Waals surface area contributed by atoms with Gasteiger partial charge >= 0.3 is 17.9 Å². The monoisotopic (exact) mass is 864 g/mol. The fraction of sp³-hybridized carbons (Fsp3) is 0.583. The van der Waals surface area contributed by atoms with Gasteiger partial charge in [-0.25, -0.2) is 4.79 Å². The highest BCUT2D eigenvalue weighted by Crippen LogP contribution is 2.68. The average Bonchev–Trinajstić information content (AvgIpc) is 3.95. The molecule has 2 bridgehead atoms. The molecule has 14 nitrogen and oxygen atoms in total. The first-order valence-corrected chi connectivity index (χ1v) is 22.7. The first-order chi connectivity index (χ1) is 30.2. The molecule has 3 fully saturated rings. The van der Waals surface area contributed by atoms with Crippen molar-refractivity contribution in [1.82, 2.24) is 14.8 Å². The molecule has 3 N–H and O–H groups in total. The Morgan fingerprint density at radius 3 is 2.41 bits per heavy atom. The van der Waals surface area contributed by atoms with Crippen LogP contribution in [-0.4, -0.2) is 140 Å². The summed E-state index contributed by atoms with van der Waals surface area (Å²) in [6.45, 7) is 10.3. The van der Waals surface area contributed by atoms with Gasteiger partial charge in [-0.2, -0.15) is 0 Å². The van der Waals surface area contributed by atoms with E-state index in [2.05, 4.69) is 39.9 Å². The number of anilines is 1. The molecular weight excluding hydrogens is 803 g/mol. The van der Waals surface area contributed by atoms with E-state index in [-0.39, 0.29) is 12.3 Å². The predicted octanol–water partition coefficient (Wildman–Crippen LogP) is 3.02. The molecule has 2 saturated heterocycles. The molecule has 1 amide bonds. The van der Waals surface area contributed by atoms with E-state index in [4.69, 9.17) is 18.9 Å². The summed E-state index contributed by atoms with van der Waals surface area (Å²) >= 11 is 0. The van der Waals surface area contributed by atoms with Gasteiger partial charge < -0.3 is 39.0 Å². The Kier molecular flexibility index (Phi) is 10.7. The number of fused-ring (bicyclic) bond motifs is 6. The number of benzene rings is 2. The molecular formula is C48H61BN4O10. The SMILES string of the molecule is CCBc1ccc2[nH]c3c(c2c1)CCN1C[C@@H](C[C@@](O)(CC)C1)C[C@]3(C(=O)OC)c1cc2c(cc1OC)N(C=O)[C@H]1[C@@](O)(C(=O)OC)[C@H](OC(C)=O)[C@]3(CC)C=CCN4CC[C@]21[C@@H]43. The first kappa shape index (κ1) is 43.6. The Morgan fingerprint density at radius 1 is 0.968 bits per heavy atom. The largest absolute Gasteiger partial charge is 0.496 e. The summed E-state index contributed by atoms with van der Waals surface area (Å²) in [4.78, 5) is 66.6. The Balaban J connectivity index is 1.38. The second-order valence-electron chi connectivity index (χ2n) is 19.2. The van der Waals surface area contributed by atoms with Crippen LogP contribution >= 0.6 is 0 Å². The lowest BCUT2D eigenvalue weighted by molar-refractivity contribution is -0.228. The summed E-state index contributed by atoms with van der Waals surface area (Å²) in [5.74, 6) is -2.05. The number of amides is 1. The smallest absolute Gasteiger partial charge is 0.344 e. The fourth-order valence-corrected chi connectivity index (χ4v) is 13.9. The molecule has 1 spiro atoms. The normalized spacial score (nSPS) is 35.3. The number of carbonyl (C=O) groups is 4. The van der Waals surface area contributed by atoms with Crippen LogP contribution in [0.3, 0.4) is 0 Å². The number of piperidine rings is 1. The van der Waals surface area contributed by atoms with Crippen molar-refractivity contribution in [1.29, 1.82) is 0 Å². The molecule has 6 aliphatic rings. The molecule has 9 rings (SSSR count). The van der Waals surface area contributed by atoms with Crippen LogP contribution in [-0.2, 0) is 50.6 Å². The zero-order valence-electron chi connectivity index (χ0n) is 37.6. The van der Waals surface area contributed by atoms with Gasteiger partial charge in [0.2, 0.25) is 12.0 Å². The van der Waals surface area contributed by atoms with Crippen molar-refractivity contribution in [2.24, 2.45) is 11.3 Å². The van der Waals surface area contributed by atoms with Crippen molar-refractivity contribution >= 4 is 53.7 Å². The Labute approximate surface area is 369 Å². The molecule has 6 heterocycles. The van der Waals surface area contributed by atoms with Crippen LogP contribution in [0, 0.1) is 11.3 Å². The van der Waals surface area contributed by atoms with Crippen LogP contribution in [0.25, 0.3) is 10.9 Å². The molecule has 10 atom stereocenters.